The molecule has 1 aliphatic heterocycles. The quantitative estimate of drug-likeness (QED) is 0.677. The third-order valence-corrected chi connectivity index (χ3v) is 9.22. The fourth-order valence-electron chi connectivity index (χ4n) is 3.94. The monoisotopic (exact) mass is 450 g/mol. The molecule has 2 N–H and O–H groups in total. The van der Waals surface area contributed by atoms with Crippen molar-refractivity contribution in [1.82, 2.24) is 10.0 Å². The summed E-state index contributed by atoms with van der Waals surface area (Å²) >= 11 is 0. The summed E-state index contributed by atoms with van der Waals surface area (Å²) in [6.45, 7) is 7.01. The highest BCUT2D eigenvalue weighted by Crippen LogP contribution is 2.31. The average molecular weight is 451 g/mol. The summed E-state index contributed by atoms with van der Waals surface area (Å²) in [5, 5.41) is 3.21. The van der Waals surface area contributed by atoms with Crippen LogP contribution in [0.25, 0.3) is 0 Å². The van der Waals surface area contributed by atoms with Gasteiger partial charge in [0.15, 0.2) is 0 Å². The molecule has 164 valence electrons. The Kier molecular flexibility index (Phi) is 7.02. The fourth-order valence-corrected chi connectivity index (χ4v) is 7.45. The molecule has 0 radical (unpaired) electrons. The standard InChI is InChI=1S/C22H30N2O4S2/c1-4-17-8-6-7-9-20(17)29(25,26)22-15-21(16(3)14-18(22)5-2)30(27,28)24-19-10-12-23-13-11-19/h6-9,14-15,19,23-24H,4-5,10-13H2,1-3H3. The first-order valence-corrected chi connectivity index (χ1v) is 13.4. The van der Waals surface area contributed by atoms with Gasteiger partial charge >= 0.3 is 0 Å². The second-order valence-corrected chi connectivity index (χ2v) is 11.3. The number of sulfone groups is 1. The van der Waals surface area contributed by atoms with Crippen LogP contribution in [0.5, 0.6) is 0 Å². The maximum atomic E-state index is 13.6. The second kappa shape index (κ2) is 9.18. The van der Waals surface area contributed by atoms with Crippen molar-refractivity contribution in [3.8, 4) is 0 Å². The SMILES string of the molecule is CCc1ccccc1S(=O)(=O)c1cc(S(=O)(=O)NC2CCNCC2)c(C)cc1CC. The van der Waals surface area contributed by atoms with Gasteiger partial charge in [0.1, 0.15) is 0 Å². The maximum Gasteiger partial charge on any atom is 0.241 e. The van der Waals surface area contributed by atoms with Crippen LogP contribution in [-0.2, 0) is 32.7 Å². The zero-order valence-corrected chi connectivity index (χ0v) is 19.4. The van der Waals surface area contributed by atoms with Gasteiger partial charge in [-0.05, 0) is 74.5 Å². The molecule has 0 bridgehead atoms. The van der Waals surface area contributed by atoms with Gasteiger partial charge in [-0.3, -0.25) is 0 Å². The topological polar surface area (TPSA) is 92.3 Å². The zero-order valence-electron chi connectivity index (χ0n) is 17.7. The first kappa shape index (κ1) is 22.9. The molecule has 0 atom stereocenters. The Labute approximate surface area is 180 Å². The Balaban J connectivity index is 2.12. The van der Waals surface area contributed by atoms with Crippen molar-refractivity contribution >= 4 is 19.9 Å². The van der Waals surface area contributed by atoms with E-state index in [1.54, 1.807) is 31.2 Å². The summed E-state index contributed by atoms with van der Waals surface area (Å²) in [6.07, 6.45) is 2.48. The van der Waals surface area contributed by atoms with E-state index in [-0.39, 0.29) is 20.7 Å². The number of benzene rings is 2. The maximum absolute atomic E-state index is 13.6. The van der Waals surface area contributed by atoms with Crippen LogP contribution in [0.1, 0.15) is 43.4 Å². The first-order valence-electron chi connectivity index (χ1n) is 10.4. The number of rotatable bonds is 7. The van der Waals surface area contributed by atoms with Crippen LogP contribution in [0.4, 0.5) is 0 Å². The van der Waals surface area contributed by atoms with Crippen LogP contribution >= 0.6 is 0 Å². The van der Waals surface area contributed by atoms with E-state index in [1.165, 1.54) is 6.07 Å². The minimum absolute atomic E-state index is 0.0331. The molecule has 1 saturated heterocycles. The molecular formula is C22H30N2O4S2. The molecule has 6 nitrogen and oxygen atoms in total. The van der Waals surface area contributed by atoms with Crippen molar-refractivity contribution in [2.75, 3.05) is 13.1 Å². The molecule has 3 rings (SSSR count). The van der Waals surface area contributed by atoms with Gasteiger partial charge in [0.25, 0.3) is 0 Å². The minimum atomic E-state index is -3.86. The van der Waals surface area contributed by atoms with Gasteiger partial charge in [-0.25, -0.2) is 21.6 Å². The van der Waals surface area contributed by atoms with E-state index in [1.807, 2.05) is 19.9 Å². The van der Waals surface area contributed by atoms with Gasteiger partial charge < -0.3 is 5.32 Å². The molecule has 0 saturated carbocycles. The molecule has 0 amide bonds. The number of piperidine rings is 1. The van der Waals surface area contributed by atoms with Crippen molar-refractivity contribution in [2.24, 2.45) is 0 Å². The van der Waals surface area contributed by atoms with Crippen LogP contribution < -0.4 is 10.0 Å². The number of sulfonamides is 1. The van der Waals surface area contributed by atoms with Crippen LogP contribution in [0.3, 0.4) is 0 Å². The van der Waals surface area contributed by atoms with Crippen molar-refractivity contribution in [3.05, 3.63) is 53.1 Å². The predicted octanol–water partition coefficient (Wildman–Crippen LogP) is 2.98. The predicted molar refractivity (Wildman–Crippen MR) is 118 cm³/mol. The van der Waals surface area contributed by atoms with Crippen LogP contribution in [-0.4, -0.2) is 36.0 Å². The van der Waals surface area contributed by atoms with E-state index < -0.39 is 19.9 Å². The molecule has 1 heterocycles. The molecule has 2 aromatic carbocycles. The lowest BCUT2D eigenvalue weighted by atomic mass is 10.1. The highest BCUT2D eigenvalue weighted by Gasteiger charge is 2.29. The number of nitrogens with one attached hydrogen (secondary N) is 2. The van der Waals surface area contributed by atoms with E-state index in [0.29, 0.717) is 36.8 Å². The zero-order chi connectivity index (χ0) is 21.9. The molecule has 1 fully saturated rings. The lowest BCUT2D eigenvalue weighted by Gasteiger charge is -2.24. The lowest BCUT2D eigenvalue weighted by Crippen LogP contribution is -2.42. The van der Waals surface area contributed by atoms with E-state index in [0.717, 1.165) is 18.7 Å². The lowest BCUT2D eigenvalue weighted by molar-refractivity contribution is 0.427. The summed E-state index contributed by atoms with van der Waals surface area (Å²) in [4.78, 5) is 0.341. The number of hydrogen-bond donors (Lipinski definition) is 2. The minimum Gasteiger partial charge on any atom is -0.317 e. The van der Waals surface area contributed by atoms with Crippen molar-refractivity contribution < 1.29 is 16.8 Å². The molecule has 0 aromatic heterocycles. The van der Waals surface area contributed by atoms with Gasteiger partial charge in [0, 0.05) is 6.04 Å². The van der Waals surface area contributed by atoms with E-state index in [2.05, 4.69) is 10.0 Å². The van der Waals surface area contributed by atoms with E-state index in [9.17, 15) is 16.8 Å². The third kappa shape index (κ3) is 4.61. The summed E-state index contributed by atoms with van der Waals surface area (Å²) in [5.74, 6) is 0. The van der Waals surface area contributed by atoms with Gasteiger partial charge in [-0.15, -0.1) is 0 Å². The highest BCUT2D eigenvalue weighted by molar-refractivity contribution is 7.92. The van der Waals surface area contributed by atoms with Crippen LogP contribution in [0.2, 0.25) is 0 Å². The van der Waals surface area contributed by atoms with Crippen LogP contribution in [0, 0.1) is 6.92 Å². The molecular weight excluding hydrogens is 420 g/mol. The molecule has 0 aliphatic carbocycles. The van der Waals surface area contributed by atoms with E-state index >= 15 is 0 Å². The normalized spacial score (nSPS) is 16.0. The Morgan fingerprint density at radius 2 is 1.53 bits per heavy atom. The van der Waals surface area contributed by atoms with Gasteiger partial charge in [0.05, 0.1) is 14.7 Å². The molecule has 2 aromatic rings. The summed E-state index contributed by atoms with van der Waals surface area (Å²) < 4.78 is 56.1. The van der Waals surface area contributed by atoms with Crippen LogP contribution in [0.15, 0.2) is 51.1 Å². The van der Waals surface area contributed by atoms with Crippen molar-refractivity contribution in [2.45, 2.75) is 67.2 Å². The van der Waals surface area contributed by atoms with Crippen molar-refractivity contribution in [3.63, 3.8) is 0 Å². The smallest absolute Gasteiger partial charge is 0.241 e. The highest BCUT2D eigenvalue weighted by atomic mass is 32.2. The molecule has 0 unspecified atom stereocenters. The molecule has 1 aliphatic rings. The average Bonchev–Trinajstić information content (AvgIpc) is 2.73. The first-order chi connectivity index (χ1) is 14.2. The second-order valence-electron chi connectivity index (χ2n) is 7.69. The summed E-state index contributed by atoms with van der Waals surface area (Å²) in [7, 11) is -7.70. The van der Waals surface area contributed by atoms with Gasteiger partial charge in [0.2, 0.25) is 19.9 Å². The molecule has 30 heavy (non-hydrogen) atoms. The molecule has 0 spiro atoms. The summed E-state index contributed by atoms with van der Waals surface area (Å²) in [5.41, 5.74) is 1.90. The van der Waals surface area contributed by atoms with Gasteiger partial charge in [-0.2, -0.15) is 0 Å². The number of hydrogen-bond acceptors (Lipinski definition) is 5. The number of aryl methyl sites for hydroxylation is 3. The Morgan fingerprint density at radius 3 is 2.17 bits per heavy atom. The molecule has 8 heteroatoms. The Bertz CT molecular complexity index is 1120. The third-order valence-electron chi connectivity index (χ3n) is 5.62. The fraction of sp³-hybridized carbons (Fsp3) is 0.455. The Morgan fingerprint density at radius 1 is 0.900 bits per heavy atom. The van der Waals surface area contributed by atoms with E-state index in [4.69, 9.17) is 0 Å². The van der Waals surface area contributed by atoms with Crippen molar-refractivity contribution in [1.29, 1.82) is 0 Å². The largest absolute Gasteiger partial charge is 0.317 e. The summed E-state index contributed by atoms with van der Waals surface area (Å²) in [6, 6.07) is 9.78. The Hall–Kier alpha value is -1.74. The van der Waals surface area contributed by atoms with Gasteiger partial charge in [-0.1, -0.05) is 38.1 Å².